The molecule has 0 aromatic heterocycles. The summed E-state index contributed by atoms with van der Waals surface area (Å²) in [4.78, 5) is 0. The summed E-state index contributed by atoms with van der Waals surface area (Å²) in [7, 11) is 6.76. The Labute approximate surface area is 408 Å². The zero-order chi connectivity index (χ0) is 49.1. The van der Waals surface area contributed by atoms with Gasteiger partial charge in [-0.05, 0) is 24.3 Å². The van der Waals surface area contributed by atoms with E-state index in [4.69, 9.17) is 71.6 Å². The van der Waals surface area contributed by atoms with Crippen LogP contribution in [0.4, 0.5) is 0 Å². The summed E-state index contributed by atoms with van der Waals surface area (Å²) in [6.07, 6.45) is 0. The van der Waals surface area contributed by atoms with Gasteiger partial charge in [0, 0.05) is 99.4 Å². The van der Waals surface area contributed by atoms with Crippen LogP contribution in [-0.4, -0.2) is 134 Å². The topological polar surface area (TPSA) is 153 Å². The molecule has 0 saturated carbocycles. The van der Waals surface area contributed by atoms with Gasteiger partial charge in [0.25, 0.3) is 0 Å². The molecule has 0 radical (unpaired) electrons. The highest BCUT2D eigenvalue weighted by molar-refractivity contribution is 5.62. The average Bonchev–Trinajstić information content (AvgIpc) is 3.36. The fourth-order valence-corrected chi connectivity index (χ4v) is 8.89. The number of nitrogens with zero attached hydrogens (tertiary/aromatic N) is 1. The lowest BCUT2D eigenvalue weighted by Crippen LogP contribution is -2.17. The van der Waals surface area contributed by atoms with Gasteiger partial charge in [-0.25, -0.2) is 0 Å². The zero-order valence-corrected chi connectivity index (χ0v) is 41.9. The van der Waals surface area contributed by atoms with Crippen LogP contribution >= 0.6 is 0 Å². The second-order valence-electron chi connectivity index (χ2n) is 16.7. The van der Waals surface area contributed by atoms with Crippen LogP contribution in [0.3, 0.4) is 0 Å². The van der Waals surface area contributed by atoms with E-state index in [-0.39, 0.29) is 23.7 Å². The van der Waals surface area contributed by atoms with Crippen molar-refractivity contribution < 1.29 is 66.3 Å². The van der Waals surface area contributed by atoms with Crippen molar-refractivity contribution in [2.45, 2.75) is 58.3 Å². The van der Waals surface area contributed by atoms with Crippen LogP contribution in [0.15, 0.2) is 48.5 Å². The van der Waals surface area contributed by atoms with Crippen molar-refractivity contribution in [3.05, 3.63) is 93.0 Å². The second kappa shape index (κ2) is 27.1. The van der Waals surface area contributed by atoms with E-state index in [1.165, 1.54) is 6.92 Å². The summed E-state index contributed by atoms with van der Waals surface area (Å²) in [5.74, 6) is 4.41. The minimum atomic E-state index is -0.247. The Kier molecular flexibility index (Phi) is 20.7. The van der Waals surface area contributed by atoms with Crippen LogP contribution in [0.2, 0.25) is 0 Å². The Bertz CT molecular complexity index is 2120. The minimum Gasteiger partial charge on any atom is -0.496 e. The predicted molar refractivity (Wildman–Crippen MR) is 260 cm³/mol. The molecule has 3 aliphatic heterocycles. The third-order valence-corrected chi connectivity index (χ3v) is 12.6. The number of fused-ring (bicyclic) bond motifs is 15. The molecule has 10 bridgehead atoms. The molecule has 0 unspecified atom stereocenters. The summed E-state index contributed by atoms with van der Waals surface area (Å²) in [6.45, 7) is 16.4. The molecule has 15 heteroatoms. The quantitative estimate of drug-likeness (QED) is 0.179. The summed E-state index contributed by atoms with van der Waals surface area (Å²) in [5, 5.41) is 7.32. The van der Waals surface area contributed by atoms with Crippen LogP contribution < -0.4 is 37.9 Å². The van der Waals surface area contributed by atoms with E-state index < -0.39 is 0 Å². The molecule has 0 N–H and O–H groups in total. The molecule has 0 fully saturated rings. The van der Waals surface area contributed by atoms with Gasteiger partial charge in [-0.15, -0.1) is 0 Å². The second-order valence-corrected chi connectivity index (χ2v) is 16.7. The number of methoxy groups -OCH3 is 4. The molecular formula is C54H71NO14. The molecule has 4 aromatic carbocycles. The van der Waals surface area contributed by atoms with Crippen LogP contribution in [0.5, 0.6) is 46.0 Å². The average molecular weight is 958 g/mol. The highest BCUT2D eigenvalue weighted by Crippen LogP contribution is 2.50. The van der Waals surface area contributed by atoms with Gasteiger partial charge in [-0.1, -0.05) is 27.7 Å². The van der Waals surface area contributed by atoms with Crippen molar-refractivity contribution in [2.75, 3.05) is 134 Å². The van der Waals surface area contributed by atoms with Crippen LogP contribution in [0, 0.1) is 11.3 Å². The van der Waals surface area contributed by atoms with E-state index in [9.17, 15) is 0 Å². The Hall–Kier alpha value is -5.47. The number of nitriles is 1. The predicted octanol–water partition coefficient (Wildman–Crippen LogP) is 8.81. The van der Waals surface area contributed by atoms with Gasteiger partial charge >= 0.3 is 0 Å². The van der Waals surface area contributed by atoms with Gasteiger partial charge in [0.15, 0.2) is 0 Å². The molecule has 8 rings (SSSR count). The van der Waals surface area contributed by atoms with Crippen molar-refractivity contribution >= 4 is 0 Å². The van der Waals surface area contributed by atoms with Crippen LogP contribution in [0.1, 0.15) is 103 Å². The summed E-state index contributed by atoms with van der Waals surface area (Å²) >= 11 is 0. The normalized spacial score (nSPS) is 20.9. The summed E-state index contributed by atoms with van der Waals surface area (Å²) in [6, 6.07) is 18.5. The third-order valence-electron chi connectivity index (χ3n) is 12.6. The fourth-order valence-electron chi connectivity index (χ4n) is 8.89. The van der Waals surface area contributed by atoms with E-state index in [0.717, 1.165) is 44.5 Å². The molecule has 0 spiro atoms. The van der Waals surface area contributed by atoms with E-state index in [2.05, 4.69) is 52.0 Å². The molecule has 0 saturated heterocycles. The SMILES string of the molecule is CC#N.COc1cc2c3cc1[C@H](C)c1cc(c(OC)cc1OCCOCCOCCOCCO2)[C@H](C)c1cc2c(OC)cc1OCCOCCOCCOCCOc1cc(OC)c(cc1[C@H]2C)[C@@H]3C. The molecular weight excluding hydrogens is 887 g/mol. The first-order valence-corrected chi connectivity index (χ1v) is 23.8. The first-order chi connectivity index (χ1) is 33.7. The summed E-state index contributed by atoms with van der Waals surface area (Å²) < 4.78 is 86.6. The molecule has 0 amide bonds. The Morgan fingerprint density at radius 2 is 0.507 bits per heavy atom. The Balaban J connectivity index is 0.00000254. The fraction of sp³-hybridized carbons (Fsp3) is 0.537. The maximum absolute atomic E-state index is 7.32. The maximum atomic E-state index is 7.32. The standard InChI is InChI=1S/C52H68O14.C2H3N/c1-33-37-25-43-36(4)40-28-42-34(2)38-26-44(52(30-46(38)54-6)66-24-20-62-16-12-58-10-14-60-18-22-64-50(42)32-48(40)56-8)35(3)39-27-41(33)49(31-47(39)55-7)63-21-17-59-13-9-57-11-15-61-19-23-65-51(43)29-45(37)53-5;1-2-3/h25-36H,9-24H2,1-8H3;1H3/t33-,34-,35-,36-;/m0./s1. The molecule has 4 aliphatic rings. The van der Waals surface area contributed by atoms with Crippen molar-refractivity contribution in [3.63, 3.8) is 0 Å². The van der Waals surface area contributed by atoms with Crippen LogP contribution in [-0.2, 0) is 28.4 Å². The highest BCUT2D eigenvalue weighted by Gasteiger charge is 2.31. The van der Waals surface area contributed by atoms with Crippen molar-refractivity contribution in [1.29, 1.82) is 5.26 Å². The third kappa shape index (κ3) is 13.4. The molecule has 4 aromatic rings. The molecule has 15 nitrogen and oxygen atoms in total. The number of benzene rings is 4. The first-order valence-electron chi connectivity index (χ1n) is 23.8. The molecule has 3 heterocycles. The first kappa shape index (κ1) is 52.9. The Morgan fingerprint density at radius 1 is 0.333 bits per heavy atom. The van der Waals surface area contributed by atoms with Gasteiger partial charge in [0.1, 0.15) is 72.4 Å². The molecule has 376 valence electrons. The van der Waals surface area contributed by atoms with E-state index >= 15 is 0 Å². The van der Waals surface area contributed by atoms with E-state index in [1.54, 1.807) is 34.5 Å². The maximum Gasteiger partial charge on any atom is 0.126 e. The van der Waals surface area contributed by atoms with E-state index in [1.807, 2.05) is 24.3 Å². The highest BCUT2D eigenvalue weighted by atomic mass is 16.6. The van der Waals surface area contributed by atoms with Crippen LogP contribution in [0.25, 0.3) is 0 Å². The lowest BCUT2D eigenvalue weighted by molar-refractivity contribution is 0.00484. The monoisotopic (exact) mass is 957 g/mol. The molecule has 4 atom stereocenters. The van der Waals surface area contributed by atoms with Gasteiger partial charge < -0.3 is 66.3 Å². The van der Waals surface area contributed by atoms with Crippen molar-refractivity contribution in [3.8, 4) is 52.1 Å². The molecule has 1 aliphatic carbocycles. The van der Waals surface area contributed by atoms with Gasteiger partial charge in [0.05, 0.1) is 114 Å². The number of rotatable bonds is 4. The van der Waals surface area contributed by atoms with Crippen molar-refractivity contribution in [2.24, 2.45) is 0 Å². The summed E-state index contributed by atoms with van der Waals surface area (Å²) in [5.41, 5.74) is 7.57. The number of ether oxygens (including phenoxy) is 14. The molecule has 69 heavy (non-hydrogen) atoms. The number of hydrogen-bond donors (Lipinski definition) is 0. The Morgan fingerprint density at radius 3 is 0.681 bits per heavy atom. The lowest BCUT2D eigenvalue weighted by atomic mass is 9.80. The zero-order valence-electron chi connectivity index (χ0n) is 41.9. The van der Waals surface area contributed by atoms with Gasteiger partial charge in [-0.2, -0.15) is 5.26 Å². The smallest absolute Gasteiger partial charge is 0.126 e. The van der Waals surface area contributed by atoms with Crippen molar-refractivity contribution in [1.82, 2.24) is 0 Å². The lowest BCUT2D eigenvalue weighted by Gasteiger charge is -2.29. The minimum absolute atomic E-state index is 0.242. The van der Waals surface area contributed by atoms with Gasteiger partial charge in [0.2, 0.25) is 0 Å². The van der Waals surface area contributed by atoms with Gasteiger partial charge in [-0.3, -0.25) is 0 Å². The van der Waals surface area contributed by atoms with E-state index in [0.29, 0.717) is 152 Å². The number of hydrogen-bond acceptors (Lipinski definition) is 15. The largest absolute Gasteiger partial charge is 0.496 e.